The van der Waals surface area contributed by atoms with Gasteiger partial charge in [-0.05, 0) is 24.6 Å². The number of nitrogens with zero attached hydrogens (tertiary/aromatic N) is 2. The zero-order chi connectivity index (χ0) is 9.80. The Bertz CT molecular complexity index is 398. The van der Waals surface area contributed by atoms with Crippen LogP contribution >= 0.6 is 0 Å². The van der Waals surface area contributed by atoms with Crippen LogP contribution in [0, 0.1) is 0 Å². The zero-order valence-corrected chi connectivity index (χ0v) is 7.68. The Morgan fingerprint density at radius 3 is 3.00 bits per heavy atom. The lowest BCUT2D eigenvalue weighted by Gasteiger charge is -2.03. The average Bonchev–Trinajstić information content (AvgIpc) is 2.72. The number of aromatic nitrogens is 2. The monoisotopic (exact) mass is 189 g/mol. The molecule has 0 fully saturated rings. The maximum Gasteiger partial charge on any atom is 0.227 e. The Labute approximate surface area is 81.8 Å². The molecule has 0 amide bonds. The number of rotatable bonds is 3. The summed E-state index contributed by atoms with van der Waals surface area (Å²) in [6.45, 7) is 0.609. The second kappa shape index (κ2) is 4.02. The van der Waals surface area contributed by atoms with Crippen molar-refractivity contribution in [1.82, 2.24) is 9.97 Å². The van der Waals surface area contributed by atoms with E-state index in [1.165, 1.54) is 0 Å². The van der Waals surface area contributed by atoms with Crippen LogP contribution in [0.3, 0.4) is 0 Å². The van der Waals surface area contributed by atoms with Gasteiger partial charge in [0.05, 0.1) is 11.8 Å². The van der Waals surface area contributed by atoms with Crippen molar-refractivity contribution in [2.24, 2.45) is 5.73 Å². The van der Waals surface area contributed by atoms with Crippen LogP contribution in [-0.4, -0.2) is 16.5 Å². The molecule has 0 aromatic carbocycles. The molecule has 72 valence electrons. The number of hydrogen-bond donors (Lipinski definition) is 1. The third kappa shape index (κ3) is 1.65. The maximum atomic E-state index is 5.51. The van der Waals surface area contributed by atoms with Gasteiger partial charge >= 0.3 is 0 Å². The Morgan fingerprint density at radius 2 is 2.29 bits per heavy atom. The van der Waals surface area contributed by atoms with Crippen LogP contribution in [0.4, 0.5) is 0 Å². The van der Waals surface area contributed by atoms with E-state index in [9.17, 15) is 0 Å². The lowest BCUT2D eigenvalue weighted by Crippen LogP contribution is -2.04. The fourth-order valence-electron chi connectivity index (χ4n) is 1.35. The molecule has 14 heavy (non-hydrogen) atoms. The highest BCUT2D eigenvalue weighted by atomic mass is 16.3. The predicted molar refractivity (Wildman–Crippen MR) is 52.5 cm³/mol. The summed E-state index contributed by atoms with van der Waals surface area (Å²) < 4.78 is 5.21. The van der Waals surface area contributed by atoms with Crippen molar-refractivity contribution >= 4 is 0 Å². The lowest BCUT2D eigenvalue weighted by atomic mass is 10.1. The van der Waals surface area contributed by atoms with Crippen molar-refractivity contribution in [2.75, 3.05) is 6.54 Å². The van der Waals surface area contributed by atoms with Crippen molar-refractivity contribution in [3.8, 4) is 11.5 Å². The molecule has 0 unspecified atom stereocenters. The molecule has 2 N–H and O–H groups in total. The molecule has 4 nitrogen and oxygen atoms in total. The van der Waals surface area contributed by atoms with Crippen molar-refractivity contribution in [3.63, 3.8) is 0 Å². The minimum Gasteiger partial charge on any atom is -0.444 e. The van der Waals surface area contributed by atoms with E-state index in [-0.39, 0.29) is 0 Å². The Morgan fingerprint density at radius 1 is 1.36 bits per heavy atom. The predicted octanol–water partition coefficient (Wildman–Crippen LogP) is 1.24. The quantitative estimate of drug-likeness (QED) is 0.788. The molecule has 0 bridgehead atoms. The van der Waals surface area contributed by atoms with E-state index in [4.69, 9.17) is 10.2 Å². The smallest absolute Gasteiger partial charge is 0.227 e. The van der Waals surface area contributed by atoms with Gasteiger partial charge in [-0.2, -0.15) is 0 Å². The standard InChI is InChI=1S/C10H11N3O/c11-3-1-8-2-4-12-7-9(8)10-13-5-6-14-10/h2,4-7H,1,3,11H2. The first-order valence-electron chi connectivity index (χ1n) is 4.44. The molecule has 2 aromatic heterocycles. The first-order chi connectivity index (χ1) is 6.92. The molecule has 0 atom stereocenters. The van der Waals surface area contributed by atoms with Gasteiger partial charge in [0.25, 0.3) is 0 Å². The molecule has 2 heterocycles. The van der Waals surface area contributed by atoms with Gasteiger partial charge in [0.1, 0.15) is 6.26 Å². The van der Waals surface area contributed by atoms with Gasteiger partial charge in [0, 0.05) is 12.4 Å². The molecule has 2 aromatic rings. The van der Waals surface area contributed by atoms with Crippen molar-refractivity contribution in [2.45, 2.75) is 6.42 Å². The number of hydrogen-bond acceptors (Lipinski definition) is 4. The topological polar surface area (TPSA) is 64.9 Å². The van der Waals surface area contributed by atoms with Gasteiger partial charge in [-0.1, -0.05) is 0 Å². The summed E-state index contributed by atoms with van der Waals surface area (Å²) >= 11 is 0. The van der Waals surface area contributed by atoms with Crippen molar-refractivity contribution in [1.29, 1.82) is 0 Å². The molecule has 2 rings (SSSR count). The molecule has 0 aliphatic rings. The zero-order valence-electron chi connectivity index (χ0n) is 7.68. The Hall–Kier alpha value is -1.68. The number of pyridine rings is 1. The normalized spacial score (nSPS) is 10.4. The van der Waals surface area contributed by atoms with E-state index >= 15 is 0 Å². The van der Waals surface area contributed by atoms with Crippen LogP contribution in [0.25, 0.3) is 11.5 Å². The van der Waals surface area contributed by atoms with Crippen LogP contribution < -0.4 is 5.73 Å². The number of nitrogens with two attached hydrogens (primary N) is 1. The van der Waals surface area contributed by atoms with Gasteiger partial charge in [-0.15, -0.1) is 0 Å². The van der Waals surface area contributed by atoms with E-state index in [2.05, 4.69) is 9.97 Å². The van der Waals surface area contributed by atoms with Gasteiger partial charge in [0.2, 0.25) is 5.89 Å². The van der Waals surface area contributed by atoms with Gasteiger partial charge in [-0.25, -0.2) is 4.98 Å². The van der Waals surface area contributed by atoms with Gasteiger partial charge in [-0.3, -0.25) is 4.98 Å². The molecule has 0 aliphatic heterocycles. The Balaban J connectivity index is 2.42. The summed E-state index contributed by atoms with van der Waals surface area (Å²) in [4.78, 5) is 8.12. The molecule has 4 heteroatoms. The summed E-state index contributed by atoms with van der Waals surface area (Å²) in [6, 6.07) is 1.94. The summed E-state index contributed by atoms with van der Waals surface area (Å²) in [5, 5.41) is 0. The third-order valence-corrected chi connectivity index (χ3v) is 1.99. The van der Waals surface area contributed by atoms with E-state index in [1.54, 1.807) is 24.9 Å². The fraction of sp³-hybridized carbons (Fsp3) is 0.200. The second-order valence-corrected chi connectivity index (χ2v) is 2.91. The van der Waals surface area contributed by atoms with Gasteiger partial charge < -0.3 is 10.2 Å². The summed E-state index contributed by atoms with van der Waals surface area (Å²) in [5.74, 6) is 0.599. The second-order valence-electron chi connectivity index (χ2n) is 2.91. The molecule has 0 radical (unpaired) electrons. The van der Waals surface area contributed by atoms with Crippen LogP contribution in [-0.2, 0) is 6.42 Å². The molecule has 0 aliphatic carbocycles. The highest BCUT2D eigenvalue weighted by molar-refractivity contribution is 5.56. The van der Waals surface area contributed by atoms with Crippen LogP contribution in [0.15, 0.2) is 35.3 Å². The first kappa shape index (κ1) is 8.90. The average molecular weight is 189 g/mol. The molecular formula is C10H11N3O. The highest BCUT2D eigenvalue weighted by Gasteiger charge is 2.07. The van der Waals surface area contributed by atoms with E-state index in [0.717, 1.165) is 17.5 Å². The molecular weight excluding hydrogens is 178 g/mol. The molecule has 0 spiro atoms. The lowest BCUT2D eigenvalue weighted by molar-refractivity contribution is 0.573. The molecule has 0 saturated heterocycles. The van der Waals surface area contributed by atoms with Crippen molar-refractivity contribution in [3.05, 3.63) is 36.5 Å². The summed E-state index contributed by atoms with van der Waals surface area (Å²) in [7, 11) is 0. The van der Waals surface area contributed by atoms with E-state index in [1.807, 2.05) is 6.07 Å². The van der Waals surface area contributed by atoms with Crippen LogP contribution in [0.5, 0.6) is 0 Å². The third-order valence-electron chi connectivity index (χ3n) is 1.99. The Kier molecular flexibility index (Phi) is 2.55. The minimum absolute atomic E-state index is 0.599. The number of oxazole rings is 1. The summed E-state index contributed by atoms with van der Waals surface area (Å²) in [6.07, 6.45) is 7.47. The summed E-state index contributed by atoms with van der Waals surface area (Å²) in [5.41, 5.74) is 7.55. The SMILES string of the molecule is NCCc1ccncc1-c1ncco1. The maximum absolute atomic E-state index is 5.51. The van der Waals surface area contributed by atoms with E-state index in [0.29, 0.717) is 12.4 Å². The fourth-order valence-corrected chi connectivity index (χ4v) is 1.35. The molecule has 0 saturated carbocycles. The van der Waals surface area contributed by atoms with Crippen LogP contribution in [0.2, 0.25) is 0 Å². The van der Waals surface area contributed by atoms with Crippen LogP contribution in [0.1, 0.15) is 5.56 Å². The minimum atomic E-state index is 0.599. The largest absolute Gasteiger partial charge is 0.444 e. The van der Waals surface area contributed by atoms with Crippen molar-refractivity contribution < 1.29 is 4.42 Å². The first-order valence-corrected chi connectivity index (χ1v) is 4.44. The van der Waals surface area contributed by atoms with Gasteiger partial charge in [0.15, 0.2) is 0 Å². The highest BCUT2D eigenvalue weighted by Crippen LogP contribution is 2.20. The van der Waals surface area contributed by atoms with E-state index < -0.39 is 0 Å².